The number of nitrogens with zero attached hydrogens (tertiary/aromatic N) is 1. The van der Waals surface area contributed by atoms with Crippen molar-refractivity contribution in [2.75, 3.05) is 32.8 Å². The van der Waals surface area contributed by atoms with Crippen molar-refractivity contribution in [1.82, 2.24) is 10.2 Å². The van der Waals surface area contributed by atoms with Gasteiger partial charge < -0.3 is 10.1 Å². The van der Waals surface area contributed by atoms with E-state index in [0.717, 1.165) is 25.7 Å². The second-order valence-corrected chi connectivity index (χ2v) is 5.51. The molecule has 1 N–H and O–H groups in total. The Labute approximate surface area is 106 Å². The van der Waals surface area contributed by atoms with E-state index in [1.165, 1.54) is 38.8 Å². The Kier molecular flexibility index (Phi) is 5.26. The van der Waals surface area contributed by atoms with Crippen molar-refractivity contribution in [3.63, 3.8) is 0 Å². The molecule has 2 aliphatic heterocycles. The summed E-state index contributed by atoms with van der Waals surface area (Å²) in [5.74, 6) is 0.910. The number of likely N-dealkylation sites (tertiary alicyclic amines) is 1. The lowest BCUT2D eigenvalue weighted by atomic mass is 9.92. The molecule has 3 heteroatoms. The second-order valence-electron chi connectivity index (χ2n) is 5.51. The minimum Gasteiger partial charge on any atom is -0.380 e. The number of hydrogen-bond acceptors (Lipinski definition) is 3. The van der Waals surface area contributed by atoms with Crippen LogP contribution in [-0.4, -0.2) is 49.8 Å². The van der Waals surface area contributed by atoms with E-state index in [2.05, 4.69) is 24.1 Å². The SMILES string of the molecule is CCNC1CCOCC1N1CCCC(CC)C1. The van der Waals surface area contributed by atoms with Gasteiger partial charge in [-0.2, -0.15) is 0 Å². The van der Waals surface area contributed by atoms with Gasteiger partial charge in [-0.05, 0) is 38.3 Å². The van der Waals surface area contributed by atoms with E-state index in [9.17, 15) is 0 Å². The van der Waals surface area contributed by atoms with E-state index >= 15 is 0 Å². The molecule has 0 aliphatic carbocycles. The Hall–Kier alpha value is -0.120. The van der Waals surface area contributed by atoms with Crippen LogP contribution in [0.1, 0.15) is 39.5 Å². The van der Waals surface area contributed by atoms with Crippen molar-refractivity contribution in [3.05, 3.63) is 0 Å². The zero-order valence-corrected chi connectivity index (χ0v) is 11.5. The highest BCUT2D eigenvalue weighted by atomic mass is 16.5. The Bertz CT molecular complexity index is 220. The molecule has 0 saturated carbocycles. The van der Waals surface area contributed by atoms with Gasteiger partial charge in [0, 0.05) is 25.2 Å². The molecule has 0 aromatic rings. The highest BCUT2D eigenvalue weighted by Crippen LogP contribution is 2.24. The van der Waals surface area contributed by atoms with Crippen LogP contribution in [0.3, 0.4) is 0 Å². The van der Waals surface area contributed by atoms with Gasteiger partial charge in [-0.25, -0.2) is 0 Å². The largest absolute Gasteiger partial charge is 0.380 e. The van der Waals surface area contributed by atoms with Gasteiger partial charge >= 0.3 is 0 Å². The fourth-order valence-electron chi connectivity index (χ4n) is 3.31. The fourth-order valence-corrected chi connectivity index (χ4v) is 3.31. The summed E-state index contributed by atoms with van der Waals surface area (Å²) in [6.07, 6.45) is 5.29. The Balaban J connectivity index is 1.92. The smallest absolute Gasteiger partial charge is 0.0637 e. The van der Waals surface area contributed by atoms with Crippen molar-refractivity contribution in [2.45, 2.75) is 51.6 Å². The maximum atomic E-state index is 5.70. The van der Waals surface area contributed by atoms with E-state index in [0.29, 0.717) is 12.1 Å². The van der Waals surface area contributed by atoms with Crippen LogP contribution >= 0.6 is 0 Å². The molecule has 3 nitrogen and oxygen atoms in total. The predicted octanol–water partition coefficient (Wildman–Crippen LogP) is 1.88. The molecule has 100 valence electrons. The Morgan fingerprint density at radius 3 is 2.94 bits per heavy atom. The monoisotopic (exact) mass is 240 g/mol. The Morgan fingerprint density at radius 2 is 2.18 bits per heavy atom. The third-order valence-electron chi connectivity index (χ3n) is 4.39. The number of hydrogen-bond donors (Lipinski definition) is 1. The topological polar surface area (TPSA) is 24.5 Å². The summed E-state index contributed by atoms with van der Waals surface area (Å²) in [6, 6.07) is 1.25. The van der Waals surface area contributed by atoms with Crippen molar-refractivity contribution >= 4 is 0 Å². The van der Waals surface area contributed by atoms with E-state index < -0.39 is 0 Å². The molecule has 2 rings (SSSR count). The molecule has 0 spiro atoms. The highest BCUT2D eigenvalue weighted by Gasteiger charge is 2.32. The standard InChI is InChI=1S/C14H28N2O/c1-3-12-6-5-8-16(10-12)14-11-17-9-7-13(14)15-4-2/h12-15H,3-11H2,1-2H3. The van der Waals surface area contributed by atoms with E-state index in [4.69, 9.17) is 4.74 Å². The molecule has 0 aromatic carbocycles. The quantitative estimate of drug-likeness (QED) is 0.812. The van der Waals surface area contributed by atoms with E-state index in [1.54, 1.807) is 0 Å². The lowest BCUT2D eigenvalue weighted by molar-refractivity contribution is -0.0176. The van der Waals surface area contributed by atoms with Crippen molar-refractivity contribution in [3.8, 4) is 0 Å². The first kappa shape index (κ1) is 13.3. The fraction of sp³-hybridized carbons (Fsp3) is 1.00. The average Bonchev–Trinajstić information content (AvgIpc) is 2.40. The van der Waals surface area contributed by atoms with Gasteiger partial charge in [-0.15, -0.1) is 0 Å². The molecule has 0 bridgehead atoms. The normalized spacial score (nSPS) is 36.0. The molecular weight excluding hydrogens is 212 g/mol. The molecule has 2 heterocycles. The van der Waals surface area contributed by atoms with Gasteiger partial charge in [0.25, 0.3) is 0 Å². The summed E-state index contributed by atoms with van der Waals surface area (Å²) >= 11 is 0. The van der Waals surface area contributed by atoms with Crippen LogP contribution in [0.25, 0.3) is 0 Å². The molecule has 3 unspecified atom stereocenters. The van der Waals surface area contributed by atoms with Gasteiger partial charge in [0.15, 0.2) is 0 Å². The molecule has 2 saturated heterocycles. The summed E-state index contributed by atoms with van der Waals surface area (Å²) in [5.41, 5.74) is 0. The second kappa shape index (κ2) is 6.72. The molecule has 2 aliphatic rings. The van der Waals surface area contributed by atoms with Crippen molar-refractivity contribution < 1.29 is 4.74 Å². The minimum absolute atomic E-state index is 0.609. The third-order valence-corrected chi connectivity index (χ3v) is 4.39. The maximum Gasteiger partial charge on any atom is 0.0637 e. The molecule has 0 amide bonds. The number of ether oxygens (including phenoxy) is 1. The lowest BCUT2D eigenvalue weighted by Gasteiger charge is -2.43. The van der Waals surface area contributed by atoms with Crippen LogP contribution in [-0.2, 0) is 4.74 Å². The van der Waals surface area contributed by atoms with Crippen molar-refractivity contribution in [1.29, 1.82) is 0 Å². The first-order chi connectivity index (χ1) is 8.35. The summed E-state index contributed by atoms with van der Waals surface area (Å²) in [7, 11) is 0. The highest BCUT2D eigenvalue weighted by molar-refractivity contribution is 4.89. The predicted molar refractivity (Wildman–Crippen MR) is 71.3 cm³/mol. The molecule has 0 radical (unpaired) electrons. The van der Waals surface area contributed by atoms with Gasteiger partial charge in [0.1, 0.15) is 0 Å². The van der Waals surface area contributed by atoms with Crippen molar-refractivity contribution in [2.24, 2.45) is 5.92 Å². The molecule has 3 atom stereocenters. The van der Waals surface area contributed by atoms with Gasteiger partial charge in [-0.3, -0.25) is 4.90 Å². The number of piperidine rings is 1. The zero-order valence-electron chi connectivity index (χ0n) is 11.5. The van der Waals surface area contributed by atoms with Crippen LogP contribution in [0.4, 0.5) is 0 Å². The summed E-state index contributed by atoms with van der Waals surface area (Å²) in [4.78, 5) is 2.68. The van der Waals surface area contributed by atoms with Crippen LogP contribution in [0, 0.1) is 5.92 Å². The zero-order chi connectivity index (χ0) is 12.1. The van der Waals surface area contributed by atoms with Crippen LogP contribution in [0.15, 0.2) is 0 Å². The maximum absolute atomic E-state index is 5.70. The summed E-state index contributed by atoms with van der Waals surface area (Å²) < 4.78 is 5.70. The molecule has 17 heavy (non-hydrogen) atoms. The van der Waals surface area contributed by atoms with Crippen LogP contribution in [0.5, 0.6) is 0 Å². The Morgan fingerprint density at radius 1 is 1.29 bits per heavy atom. The number of nitrogens with one attached hydrogen (secondary N) is 1. The van der Waals surface area contributed by atoms with Gasteiger partial charge in [0.2, 0.25) is 0 Å². The average molecular weight is 240 g/mol. The lowest BCUT2D eigenvalue weighted by Crippen LogP contribution is -2.57. The number of rotatable bonds is 4. The molecule has 2 fully saturated rings. The first-order valence-electron chi connectivity index (χ1n) is 7.40. The summed E-state index contributed by atoms with van der Waals surface area (Å²) in [5, 5.41) is 3.64. The van der Waals surface area contributed by atoms with Gasteiger partial charge in [0.05, 0.1) is 6.61 Å². The molecular formula is C14H28N2O. The number of likely N-dealkylation sites (N-methyl/N-ethyl adjacent to an activating group) is 1. The van der Waals surface area contributed by atoms with Crippen LogP contribution in [0.2, 0.25) is 0 Å². The van der Waals surface area contributed by atoms with E-state index in [1.807, 2.05) is 0 Å². The molecule has 0 aromatic heterocycles. The minimum atomic E-state index is 0.609. The van der Waals surface area contributed by atoms with Gasteiger partial charge in [-0.1, -0.05) is 20.3 Å². The summed E-state index contributed by atoms with van der Waals surface area (Å²) in [6.45, 7) is 10.0. The first-order valence-corrected chi connectivity index (χ1v) is 7.40. The third kappa shape index (κ3) is 3.43. The van der Waals surface area contributed by atoms with E-state index in [-0.39, 0.29) is 0 Å². The van der Waals surface area contributed by atoms with Crippen LogP contribution < -0.4 is 5.32 Å².